The van der Waals surface area contributed by atoms with E-state index in [0.29, 0.717) is 0 Å². The zero-order chi connectivity index (χ0) is 14.5. The number of aromatic nitrogens is 1. The summed E-state index contributed by atoms with van der Waals surface area (Å²) in [5, 5.41) is 17.4. The Morgan fingerprint density at radius 1 is 1.40 bits per heavy atom. The minimum atomic E-state index is -1.12. The average Bonchev–Trinajstić information content (AvgIpc) is 2.46. The number of carboxylic acid groups (broad SMARTS) is 1. The Balaban J connectivity index is 2.11. The van der Waals surface area contributed by atoms with Gasteiger partial charge in [0.1, 0.15) is 18.2 Å². The molecule has 0 aliphatic carbocycles. The third kappa shape index (κ3) is 3.09. The minimum Gasteiger partial charge on any atom is -0.487 e. The first-order valence-corrected chi connectivity index (χ1v) is 5.60. The van der Waals surface area contributed by atoms with Gasteiger partial charge in [0.2, 0.25) is 0 Å². The van der Waals surface area contributed by atoms with Gasteiger partial charge in [0.15, 0.2) is 0 Å². The summed E-state index contributed by atoms with van der Waals surface area (Å²) in [4.78, 5) is 14.5. The van der Waals surface area contributed by atoms with Crippen LogP contribution < -0.4 is 4.74 Å². The predicted octanol–water partition coefficient (Wildman–Crippen LogP) is 2.37. The lowest BCUT2D eigenvalue weighted by Gasteiger charge is -2.07. The van der Waals surface area contributed by atoms with Crippen LogP contribution in [0.1, 0.15) is 21.5 Å². The Hall–Kier alpha value is -2.94. The number of halogens is 1. The summed E-state index contributed by atoms with van der Waals surface area (Å²) in [5.41, 5.74) is 0.480. The third-order valence-electron chi connectivity index (χ3n) is 2.54. The van der Waals surface area contributed by atoms with Crippen LogP contribution in [0.25, 0.3) is 0 Å². The fourth-order valence-electron chi connectivity index (χ4n) is 1.51. The Morgan fingerprint density at radius 2 is 2.20 bits per heavy atom. The molecule has 0 bridgehead atoms. The molecule has 0 saturated heterocycles. The quantitative estimate of drug-likeness (QED) is 0.923. The lowest BCUT2D eigenvalue weighted by atomic mass is 10.1. The molecule has 2 rings (SSSR count). The molecule has 0 amide bonds. The Kier molecular flexibility index (Phi) is 3.91. The van der Waals surface area contributed by atoms with E-state index in [1.165, 1.54) is 30.6 Å². The van der Waals surface area contributed by atoms with Crippen molar-refractivity contribution in [3.05, 3.63) is 59.2 Å². The van der Waals surface area contributed by atoms with E-state index in [-0.39, 0.29) is 29.0 Å². The molecule has 1 aromatic carbocycles. The number of benzene rings is 1. The SMILES string of the molecule is N#Cc1ccc(COc2cncc(C(=O)O)c2)c(F)c1. The van der Waals surface area contributed by atoms with Crippen LogP contribution in [0.15, 0.2) is 36.7 Å². The van der Waals surface area contributed by atoms with E-state index in [1.54, 1.807) is 0 Å². The van der Waals surface area contributed by atoms with Crippen LogP contribution in [0.4, 0.5) is 4.39 Å². The molecule has 5 nitrogen and oxygen atoms in total. The van der Waals surface area contributed by atoms with Gasteiger partial charge in [0.25, 0.3) is 0 Å². The van der Waals surface area contributed by atoms with Crippen LogP contribution in [-0.2, 0) is 6.61 Å². The minimum absolute atomic E-state index is 0.0113. The largest absolute Gasteiger partial charge is 0.487 e. The van der Waals surface area contributed by atoms with Crippen molar-refractivity contribution in [1.82, 2.24) is 4.98 Å². The summed E-state index contributed by atoms with van der Waals surface area (Å²) in [6, 6.07) is 7.18. The van der Waals surface area contributed by atoms with Gasteiger partial charge in [-0.2, -0.15) is 5.26 Å². The molecule has 1 aromatic heterocycles. The first kappa shape index (κ1) is 13.5. The average molecular weight is 272 g/mol. The fraction of sp³-hybridized carbons (Fsp3) is 0.0714. The van der Waals surface area contributed by atoms with E-state index in [9.17, 15) is 9.18 Å². The van der Waals surface area contributed by atoms with Crippen LogP contribution in [-0.4, -0.2) is 16.1 Å². The van der Waals surface area contributed by atoms with Gasteiger partial charge in [-0.15, -0.1) is 0 Å². The summed E-state index contributed by atoms with van der Waals surface area (Å²) in [5.74, 6) is -1.44. The molecule has 6 heteroatoms. The zero-order valence-electron chi connectivity index (χ0n) is 10.2. The number of nitriles is 1. The highest BCUT2D eigenvalue weighted by Gasteiger charge is 2.07. The summed E-state index contributed by atoms with van der Waals surface area (Å²) >= 11 is 0. The highest BCUT2D eigenvalue weighted by Crippen LogP contribution is 2.16. The number of rotatable bonds is 4. The summed E-state index contributed by atoms with van der Waals surface area (Å²) in [7, 11) is 0. The van der Waals surface area contributed by atoms with Gasteiger partial charge in [0.05, 0.1) is 23.4 Å². The first-order valence-electron chi connectivity index (χ1n) is 5.60. The Morgan fingerprint density at radius 3 is 2.85 bits per heavy atom. The Labute approximate surface area is 113 Å². The van der Waals surface area contributed by atoms with Crippen molar-refractivity contribution in [2.45, 2.75) is 6.61 Å². The molecule has 0 aliphatic heterocycles. The number of carboxylic acids is 1. The van der Waals surface area contributed by atoms with Gasteiger partial charge in [-0.3, -0.25) is 4.98 Å². The topological polar surface area (TPSA) is 83.2 Å². The van der Waals surface area contributed by atoms with Crippen LogP contribution >= 0.6 is 0 Å². The van der Waals surface area contributed by atoms with Gasteiger partial charge in [0, 0.05) is 11.8 Å². The monoisotopic (exact) mass is 272 g/mol. The number of hydrogen-bond acceptors (Lipinski definition) is 4. The van der Waals surface area contributed by atoms with E-state index < -0.39 is 11.8 Å². The van der Waals surface area contributed by atoms with E-state index in [0.717, 1.165) is 6.07 Å². The molecule has 0 aliphatic rings. The van der Waals surface area contributed by atoms with Gasteiger partial charge in [-0.25, -0.2) is 9.18 Å². The highest BCUT2D eigenvalue weighted by atomic mass is 19.1. The van der Waals surface area contributed by atoms with Crippen molar-refractivity contribution in [2.24, 2.45) is 0 Å². The molecular weight excluding hydrogens is 263 g/mol. The van der Waals surface area contributed by atoms with E-state index >= 15 is 0 Å². The third-order valence-corrected chi connectivity index (χ3v) is 2.54. The molecule has 0 atom stereocenters. The smallest absolute Gasteiger partial charge is 0.337 e. The second-order valence-corrected chi connectivity index (χ2v) is 3.92. The predicted molar refractivity (Wildman–Crippen MR) is 66.6 cm³/mol. The van der Waals surface area contributed by atoms with Crippen LogP contribution in [0.3, 0.4) is 0 Å². The summed E-state index contributed by atoms with van der Waals surface area (Å²) in [6.07, 6.45) is 2.53. The first-order chi connectivity index (χ1) is 9.60. The molecule has 0 unspecified atom stereocenters. The maximum absolute atomic E-state index is 13.6. The molecule has 20 heavy (non-hydrogen) atoms. The van der Waals surface area contributed by atoms with Gasteiger partial charge < -0.3 is 9.84 Å². The van der Waals surface area contributed by atoms with Crippen molar-refractivity contribution in [1.29, 1.82) is 5.26 Å². The molecule has 0 fully saturated rings. The molecular formula is C14H9FN2O3. The van der Waals surface area contributed by atoms with Crippen LogP contribution in [0, 0.1) is 17.1 Å². The highest BCUT2D eigenvalue weighted by molar-refractivity contribution is 5.87. The van der Waals surface area contributed by atoms with E-state index in [2.05, 4.69) is 4.98 Å². The zero-order valence-corrected chi connectivity index (χ0v) is 10.2. The second-order valence-electron chi connectivity index (χ2n) is 3.92. The number of carbonyl (C=O) groups is 1. The lowest BCUT2D eigenvalue weighted by molar-refractivity contribution is 0.0696. The summed E-state index contributed by atoms with van der Waals surface area (Å²) < 4.78 is 18.9. The molecule has 1 N–H and O–H groups in total. The van der Waals surface area contributed by atoms with Crippen LogP contribution in [0.2, 0.25) is 0 Å². The number of pyridine rings is 1. The lowest BCUT2D eigenvalue weighted by Crippen LogP contribution is -2.02. The van der Waals surface area contributed by atoms with Crippen molar-refractivity contribution >= 4 is 5.97 Å². The number of nitrogens with zero attached hydrogens (tertiary/aromatic N) is 2. The van der Waals surface area contributed by atoms with E-state index in [4.69, 9.17) is 15.1 Å². The number of aromatic carboxylic acids is 1. The maximum atomic E-state index is 13.6. The molecule has 0 radical (unpaired) electrons. The number of ether oxygens (including phenoxy) is 1. The number of hydrogen-bond donors (Lipinski definition) is 1. The fourth-order valence-corrected chi connectivity index (χ4v) is 1.51. The van der Waals surface area contributed by atoms with Crippen molar-refractivity contribution in [3.63, 3.8) is 0 Å². The molecule has 100 valence electrons. The van der Waals surface area contributed by atoms with Crippen molar-refractivity contribution < 1.29 is 19.0 Å². The maximum Gasteiger partial charge on any atom is 0.337 e. The van der Waals surface area contributed by atoms with Gasteiger partial charge >= 0.3 is 5.97 Å². The van der Waals surface area contributed by atoms with Crippen molar-refractivity contribution in [3.8, 4) is 11.8 Å². The van der Waals surface area contributed by atoms with Crippen molar-refractivity contribution in [2.75, 3.05) is 0 Å². The molecule has 1 heterocycles. The molecule has 2 aromatic rings. The van der Waals surface area contributed by atoms with Gasteiger partial charge in [-0.05, 0) is 18.2 Å². The van der Waals surface area contributed by atoms with Crippen LogP contribution in [0.5, 0.6) is 5.75 Å². The van der Waals surface area contributed by atoms with E-state index in [1.807, 2.05) is 6.07 Å². The van der Waals surface area contributed by atoms with Gasteiger partial charge in [-0.1, -0.05) is 6.07 Å². The summed E-state index contributed by atoms with van der Waals surface area (Å²) in [6.45, 7) is -0.0811. The molecule has 0 spiro atoms. The molecule has 0 saturated carbocycles. The Bertz CT molecular complexity index is 695. The standard InChI is InChI=1S/C14H9FN2O3/c15-13-3-9(5-16)1-2-10(13)8-20-12-4-11(14(18)19)6-17-7-12/h1-4,6-7H,8H2,(H,18,19). The second kappa shape index (κ2) is 5.80. The normalized spacial score (nSPS) is 9.80.